The fourth-order valence-corrected chi connectivity index (χ4v) is 3.14. The van der Waals surface area contributed by atoms with Crippen LogP contribution in [0.5, 0.6) is 0 Å². The lowest BCUT2D eigenvalue weighted by molar-refractivity contribution is -0.212. The lowest BCUT2D eigenvalue weighted by atomic mass is 10.1. The van der Waals surface area contributed by atoms with E-state index in [-0.39, 0.29) is 11.3 Å². The van der Waals surface area contributed by atoms with Gasteiger partial charge in [0.1, 0.15) is 11.9 Å². The summed E-state index contributed by atoms with van der Waals surface area (Å²) in [4.78, 5) is 12.8. The largest absolute Gasteiger partial charge is 0.433 e. The monoisotopic (exact) mass is 472 g/mol. The summed E-state index contributed by atoms with van der Waals surface area (Å²) in [6.45, 7) is -0.780. The maximum atomic E-state index is 13.7. The Labute approximate surface area is 181 Å². The van der Waals surface area contributed by atoms with Crippen LogP contribution in [-0.4, -0.2) is 31.0 Å². The molecule has 172 valence electrons. The van der Waals surface area contributed by atoms with Crippen LogP contribution in [0.3, 0.4) is 0 Å². The number of nitrogens with zero attached hydrogens (tertiary/aromatic N) is 3. The third kappa shape index (κ3) is 4.99. The number of nitrogens with one attached hydrogen (secondary N) is 1. The van der Waals surface area contributed by atoms with Gasteiger partial charge in [0.2, 0.25) is 6.23 Å². The first kappa shape index (κ1) is 23.8. The Morgan fingerprint density at radius 2 is 1.67 bits per heavy atom. The number of ether oxygens (including phenoxy) is 1. The molecule has 1 heterocycles. The molecule has 13 heteroatoms. The Kier molecular flexibility index (Phi) is 6.20. The molecule has 6 nitrogen and oxygen atoms in total. The Balaban J connectivity index is 1.90. The SMILES string of the molecule is N#Cc1ccc(NC(=O)C2CN(c3ccc(C#N)c(C(F)(F)F)c3)C(C(F)(F)F)O2)cc1F. The van der Waals surface area contributed by atoms with E-state index in [1.807, 2.05) is 0 Å². The Hall–Kier alpha value is -3.84. The van der Waals surface area contributed by atoms with Gasteiger partial charge in [0, 0.05) is 11.4 Å². The number of alkyl halides is 6. The quantitative estimate of drug-likeness (QED) is 0.673. The summed E-state index contributed by atoms with van der Waals surface area (Å²) in [5, 5.41) is 19.7. The molecule has 0 radical (unpaired) electrons. The van der Waals surface area contributed by atoms with E-state index in [0.29, 0.717) is 11.0 Å². The standard InChI is InChI=1S/C20H11F7N4O2/c21-15-5-12(3-1-11(15)8-29)30-17(32)16-9-31(18(33-16)20(25,26)27)13-4-2-10(7-28)14(6-13)19(22,23)24/h1-6,16,18H,9H2,(H,30,32). The second kappa shape index (κ2) is 8.60. The number of amides is 1. The van der Waals surface area contributed by atoms with Crippen molar-refractivity contribution in [1.29, 1.82) is 10.5 Å². The molecule has 0 aliphatic carbocycles. The van der Waals surface area contributed by atoms with E-state index in [4.69, 9.17) is 15.3 Å². The van der Waals surface area contributed by atoms with Crippen LogP contribution >= 0.6 is 0 Å². The molecule has 2 aromatic rings. The van der Waals surface area contributed by atoms with Crippen molar-refractivity contribution in [2.24, 2.45) is 0 Å². The third-order valence-electron chi connectivity index (χ3n) is 4.63. The molecule has 0 spiro atoms. The topological polar surface area (TPSA) is 89.2 Å². The Morgan fingerprint density at radius 3 is 2.21 bits per heavy atom. The summed E-state index contributed by atoms with van der Waals surface area (Å²) in [5.74, 6) is -2.09. The molecular weight excluding hydrogens is 461 g/mol. The first-order chi connectivity index (χ1) is 15.3. The van der Waals surface area contributed by atoms with Gasteiger partial charge in [0.25, 0.3) is 5.91 Å². The number of carbonyl (C=O) groups is 1. The molecule has 3 rings (SSSR count). The fraction of sp³-hybridized carbons (Fsp3) is 0.250. The van der Waals surface area contributed by atoms with Crippen molar-refractivity contribution in [2.45, 2.75) is 24.7 Å². The van der Waals surface area contributed by atoms with Crippen molar-refractivity contribution >= 4 is 17.3 Å². The van der Waals surface area contributed by atoms with Gasteiger partial charge in [-0.15, -0.1) is 0 Å². The lowest BCUT2D eigenvalue weighted by Crippen LogP contribution is -2.42. The first-order valence-corrected chi connectivity index (χ1v) is 8.96. The Morgan fingerprint density at radius 1 is 1.03 bits per heavy atom. The highest BCUT2D eigenvalue weighted by Crippen LogP contribution is 2.39. The van der Waals surface area contributed by atoms with Crippen LogP contribution in [-0.2, 0) is 15.7 Å². The molecule has 33 heavy (non-hydrogen) atoms. The summed E-state index contributed by atoms with van der Waals surface area (Å²) in [7, 11) is 0. The van der Waals surface area contributed by atoms with Gasteiger partial charge >= 0.3 is 12.4 Å². The number of rotatable bonds is 3. The van der Waals surface area contributed by atoms with E-state index in [9.17, 15) is 35.5 Å². The van der Waals surface area contributed by atoms with Crippen LogP contribution in [0.15, 0.2) is 36.4 Å². The van der Waals surface area contributed by atoms with E-state index in [0.717, 1.165) is 30.3 Å². The minimum Gasteiger partial charge on any atom is -0.335 e. The molecule has 0 bridgehead atoms. The number of carbonyl (C=O) groups excluding carboxylic acids is 1. The van der Waals surface area contributed by atoms with Crippen molar-refractivity contribution in [3.63, 3.8) is 0 Å². The van der Waals surface area contributed by atoms with E-state index in [1.54, 1.807) is 6.07 Å². The predicted octanol–water partition coefficient (Wildman–Crippen LogP) is 4.32. The summed E-state index contributed by atoms with van der Waals surface area (Å²) >= 11 is 0. The van der Waals surface area contributed by atoms with Crippen LogP contribution in [0.1, 0.15) is 16.7 Å². The van der Waals surface area contributed by atoms with E-state index in [1.165, 1.54) is 6.07 Å². The predicted molar refractivity (Wildman–Crippen MR) is 98.0 cm³/mol. The molecule has 1 fully saturated rings. The zero-order valence-electron chi connectivity index (χ0n) is 16.1. The Bertz CT molecular complexity index is 1160. The second-order valence-electron chi connectivity index (χ2n) is 6.81. The second-order valence-corrected chi connectivity index (χ2v) is 6.81. The van der Waals surface area contributed by atoms with Gasteiger partial charge in [-0.3, -0.25) is 4.79 Å². The molecule has 1 aliphatic heterocycles. The van der Waals surface area contributed by atoms with Gasteiger partial charge in [-0.2, -0.15) is 36.9 Å². The maximum Gasteiger partial charge on any atom is 0.433 e. The molecule has 1 saturated heterocycles. The van der Waals surface area contributed by atoms with E-state index in [2.05, 4.69) is 5.32 Å². The summed E-state index contributed by atoms with van der Waals surface area (Å²) in [6, 6.07) is 7.81. The van der Waals surface area contributed by atoms with Crippen LogP contribution < -0.4 is 10.2 Å². The van der Waals surface area contributed by atoms with Crippen LogP contribution in [0.2, 0.25) is 0 Å². The van der Waals surface area contributed by atoms with Crippen molar-refractivity contribution in [2.75, 3.05) is 16.8 Å². The molecule has 2 aromatic carbocycles. The number of halogens is 7. The van der Waals surface area contributed by atoms with Crippen molar-refractivity contribution in [3.8, 4) is 12.1 Å². The van der Waals surface area contributed by atoms with Gasteiger partial charge < -0.3 is 15.0 Å². The zero-order chi connectivity index (χ0) is 24.6. The van der Waals surface area contributed by atoms with Crippen molar-refractivity contribution in [3.05, 3.63) is 58.9 Å². The third-order valence-corrected chi connectivity index (χ3v) is 4.63. The highest BCUT2D eigenvalue weighted by molar-refractivity contribution is 5.95. The maximum absolute atomic E-state index is 13.7. The lowest BCUT2D eigenvalue weighted by Gasteiger charge is -2.27. The number of hydrogen-bond donors (Lipinski definition) is 1. The molecule has 2 atom stereocenters. The summed E-state index contributed by atoms with van der Waals surface area (Å²) < 4.78 is 98.7. The smallest absolute Gasteiger partial charge is 0.335 e. The highest BCUT2D eigenvalue weighted by Gasteiger charge is 2.52. The van der Waals surface area contributed by atoms with Crippen LogP contribution in [0.25, 0.3) is 0 Å². The average Bonchev–Trinajstić information content (AvgIpc) is 3.19. The molecule has 0 saturated carbocycles. The first-order valence-electron chi connectivity index (χ1n) is 8.96. The molecule has 1 N–H and O–H groups in total. The van der Waals surface area contributed by atoms with Crippen LogP contribution in [0, 0.1) is 28.5 Å². The minimum atomic E-state index is -5.08. The van der Waals surface area contributed by atoms with Gasteiger partial charge in [-0.1, -0.05) is 0 Å². The number of benzene rings is 2. The van der Waals surface area contributed by atoms with Crippen molar-refractivity contribution in [1.82, 2.24) is 0 Å². The summed E-state index contributed by atoms with van der Waals surface area (Å²) in [5.41, 5.74) is -3.28. The van der Waals surface area contributed by atoms with E-state index < -0.39 is 59.8 Å². The molecular formula is C20H11F7N4O2. The summed E-state index contributed by atoms with van der Waals surface area (Å²) in [6.07, 6.45) is -14.6. The number of anilines is 2. The number of nitriles is 2. The molecule has 1 amide bonds. The zero-order valence-corrected chi connectivity index (χ0v) is 16.1. The molecule has 2 unspecified atom stereocenters. The van der Waals surface area contributed by atoms with Gasteiger partial charge in [0.05, 0.1) is 29.3 Å². The van der Waals surface area contributed by atoms with E-state index >= 15 is 0 Å². The van der Waals surface area contributed by atoms with Crippen LogP contribution in [0.4, 0.5) is 42.1 Å². The van der Waals surface area contributed by atoms with Gasteiger partial charge in [-0.25, -0.2) is 4.39 Å². The molecule has 1 aliphatic rings. The minimum absolute atomic E-state index is 0.167. The normalized spacial score (nSPS) is 18.5. The average molecular weight is 472 g/mol. The molecule has 0 aromatic heterocycles. The highest BCUT2D eigenvalue weighted by atomic mass is 19.4. The van der Waals surface area contributed by atoms with Gasteiger partial charge in [-0.05, 0) is 36.4 Å². The fourth-order valence-electron chi connectivity index (χ4n) is 3.14. The van der Waals surface area contributed by atoms with Crippen molar-refractivity contribution < 1.29 is 40.3 Å². The number of hydrogen-bond acceptors (Lipinski definition) is 5. The van der Waals surface area contributed by atoms with Gasteiger partial charge in [0.15, 0.2) is 6.10 Å².